The van der Waals surface area contributed by atoms with Crippen LogP contribution in [0.5, 0.6) is 0 Å². The van der Waals surface area contributed by atoms with E-state index in [0.717, 1.165) is 5.56 Å². The Balaban J connectivity index is 1.95. The molecule has 4 rings (SSSR count). The minimum Gasteiger partial charge on any atom is -0.267 e. The smallest absolute Gasteiger partial charge is 0.267 e. The molecule has 0 aliphatic carbocycles. The number of amides is 1. The third-order valence-corrected chi connectivity index (χ3v) is 4.67. The molecule has 28 heavy (non-hydrogen) atoms. The van der Waals surface area contributed by atoms with E-state index in [4.69, 9.17) is 11.6 Å². The van der Waals surface area contributed by atoms with E-state index in [1.807, 2.05) is 25.1 Å². The predicted molar refractivity (Wildman–Crippen MR) is 111 cm³/mol. The molecule has 0 saturated carbocycles. The number of aromatic nitrogens is 2. The minimum absolute atomic E-state index is 0.315. The van der Waals surface area contributed by atoms with Crippen molar-refractivity contribution in [2.45, 2.75) is 6.92 Å². The van der Waals surface area contributed by atoms with Crippen LogP contribution in [0.2, 0.25) is 5.02 Å². The fraction of sp³-hybridized carbons (Fsp3) is 0.0455. The summed E-state index contributed by atoms with van der Waals surface area (Å²) in [7, 11) is 0. The number of carbonyl (C=O) groups is 1. The molecule has 6 heteroatoms. The second kappa shape index (κ2) is 7.29. The monoisotopic (exact) mass is 389 g/mol. The molecule has 0 aliphatic rings. The lowest BCUT2D eigenvalue weighted by Crippen LogP contribution is -2.35. The number of hydrogen-bond donors (Lipinski definition) is 1. The van der Waals surface area contributed by atoms with Crippen molar-refractivity contribution in [3.05, 3.63) is 99.3 Å². The molecule has 0 fully saturated rings. The fourth-order valence-corrected chi connectivity index (χ4v) is 3.27. The zero-order valence-corrected chi connectivity index (χ0v) is 15.8. The van der Waals surface area contributed by atoms with Crippen LogP contribution in [0.15, 0.2) is 77.6 Å². The highest BCUT2D eigenvalue weighted by atomic mass is 35.5. The number of hydrogen-bond acceptors (Lipinski definition) is 3. The molecule has 1 N–H and O–H groups in total. The van der Waals surface area contributed by atoms with Crippen LogP contribution < -0.4 is 11.0 Å². The third kappa shape index (κ3) is 3.28. The minimum atomic E-state index is -0.402. The first-order valence-electron chi connectivity index (χ1n) is 8.69. The first-order chi connectivity index (χ1) is 13.5. The van der Waals surface area contributed by atoms with Crippen LogP contribution in [-0.2, 0) is 0 Å². The number of benzene rings is 3. The first-order valence-corrected chi connectivity index (χ1v) is 9.07. The maximum absolute atomic E-state index is 13.3. The van der Waals surface area contributed by atoms with E-state index < -0.39 is 5.91 Å². The van der Waals surface area contributed by atoms with Crippen LogP contribution >= 0.6 is 11.6 Å². The van der Waals surface area contributed by atoms with Crippen molar-refractivity contribution in [3.63, 3.8) is 0 Å². The van der Waals surface area contributed by atoms with Gasteiger partial charge in [-0.05, 0) is 42.8 Å². The van der Waals surface area contributed by atoms with Gasteiger partial charge in [-0.1, -0.05) is 54.1 Å². The van der Waals surface area contributed by atoms with Gasteiger partial charge >= 0.3 is 0 Å². The molecule has 5 nitrogen and oxygen atoms in total. The van der Waals surface area contributed by atoms with Gasteiger partial charge in [0.1, 0.15) is 0 Å². The van der Waals surface area contributed by atoms with E-state index in [1.54, 1.807) is 54.6 Å². The van der Waals surface area contributed by atoms with Crippen LogP contribution in [0.1, 0.15) is 15.9 Å². The number of rotatable bonds is 3. The highest BCUT2D eigenvalue weighted by molar-refractivity contribution is 6.30. The van der Waals surface area contributed by atoms with E-state index in [1.165, 1.54) is 4.68 Å². The van der Waals surface area contributed by atoms with Gasteiger partial charge in [0.05, 0.1) is 10.9 Å². The van der Waals surface area contributed by atoms with Gasteiger partial charge in [0.25, 0.3) is 11.5 Å². The summed E-state index contributed by atoms with van der Waals surface area (Å²) in [4.78, 5) is 30.6. The van der Waals surface area contributed by atoms with Gasteiger partial charge in [-0.2, -0.15) is 4.68 Å². The lowest BCUT2D eigenvalue weighted by atomic mass is 10.1. The van der Waals surface area contributed by atoms with E-state index in [9.17, 15) is 9.59 Å². The van der Waals surface area contributed by atoms with E-state index >= 15 is 0 Å². The molecule has 4 aromatic rings. The van der Waals surface area contributed by atoms with Crippen molar-refractivity contribution >= 4 is 28.4 Å². The van der Waals surface area contributed by atoms with Gasteiger partial charge < -0.3 is 0 Å². The number of nitrogens with one attached hydrogen (secondary N) is 1. The van der Waals surface area contributed by atoms with Gasteiger partial charge in [0, 0.05) is 16.1 Å². The van der Waals surface area contributed by atoms with Crippen molar-refractivity contribution in [2.75, 3.05) is 5.43 Å². The maximum atomic E-state index is 13.3. The average Bonchev–Trinajstić information content (AvgIpc) is 2.70. The summed E-state index contributed by atoms with van der Waals surface area (Å²) in [6.45, 7) is 1.84. The molecule has 1 aromatic heterocycles. The molecule has 3 aromatic carbocycles. The van der Waals surface area contributed by atoms with Gasteiger partial charge in [-0.15, -0.1) is 0 Å². The number of halogens is 1. The highest BCUT2D eigenvalue weighted by Crippen LogP contribution is 2.22. The largest absolute Gasteiger partial charge is 0.280 e. The summed E-state index contributed by atoms with van der Waals surface area (Å²) < 4.78 is 1.19. The van der Waals surface area contributed by atoms with Crippen LogP contribution in [0.3, 0.4) is 0 Å². The standard InChI is InChI=1S/C22H16ClN3O2/c1-14-7-5-12-18-19(14)22(28)26(25-21(27)15-8-3-2-4-9-15)20(24-18)16-10-6-11-17(23)13-16/h2-13H,1H3,(H,25,27). The summed E-state index contributed by atoms with van der Waals surface area (Å²) >= 11 is 6.13. The molecule has 0 radical (unpaired) electrons. The van der Waals surface area contributed by atoms with Crippen LogP contribution in [0.25, 0.3) is 22.3 Å². The topological polar surface area (TPSA) is 64.0 Å². The quantitative estimate of drug-likeness (QED) is 0.564. The number of nitrogens with zero attached hydrogens (tertiary/aromatic N) is 2. The summed E-state index contributed by atoms with van der Waals surface area (Å²) in [6, 6.07) is 21.2. The first kappa shape index (κ1) is 17.9. The lowest BCUT2D eigenvalue weighted by Gasteiger charge is -2.15. The highest BCUT2D eigenvalue weighted by Gasteiger charge is 2.17. The maximum Gasteiger partial charge on any atom is 0.280 e. The Kier molecular flexibility index (Phi) is 4.67. The summed E-state index contributed by atoms with van der Waals surface area (Å²) in [5.74, 6) is -0.0874. The molecule has 138 valence electrons. The van der Waals surface area contributed by atoms with Crippen LogP contribution in [0.4, 0.5) is 0 Å². The normalized spacial score (nSPS) is 10.8. The molecule has 0 bridgehead atoms. The van der Waals surface area contributed by atoms with Gasteiger partial charge in [-0.25, -0.2) is 4.98 Å². The van der Waals surface area contributed by atoms with Gasteiger partial charge in [0.15, 0.2) is 5.82 Å². The van der Waals surface area contributed by atoms with Crippen LogP contribution in [-0.4, -0.2) is 15.6 Å². The number of carbonyl (C=O) groups excluding carboxylic acids is 1. The van der Waals surface area contributed by atoms with Crippen molar-refractivity contribution in [3.8, 4) is 11.4 Å². The molecule has 1 heterocycles. The van der Waals surface area contributed by atoms with Crippen molar-refractivity contribution in [1.82, 2.24) is 9.66 Å². The zero-order chi connectivity index (χ0) is 19.7. The Morgan fingerprint density at radius 3 is 2.50 bits per heavy atom. The Morgan fingerprint density at radius 2 is 1.75 bits per heavy atom. The Morgan fingerprint density at radius 1 is 1.00 bits per heavy atom. The summed E-state index contributed by atoms with van der Waals surface area (Å²) in [6.07, 6.45) is 0. The molecule has 1 amide bonds. The molecular formula is C22H16ClN3O2. The molecule has 0 atom stereocenters. The second-order valence-electron chi connectivity index (χ2n) is 6.36. The second-order valence-corrected chi connectivity index (χ2v) is 6.80. The predicted octanol–water partition coefficient (Wildman–Crippen LogP) is 4.41. The Bertz CT molecular complexity index is 1250. The number of aryl methyl sites for hydroxylation is 1. The van der Waals surface area contributed by atoms with Gasteiger partial charge in [0.2, 0.25) is 0 Å². The number of fused-ring (bicyclic) bond motifs is 1. The summed E-state index contributed by atoms with van der Waals surface area (Å²) in [5.41, 5.74) is 4.76. The molecule has 0 saturated heterocycles. The third-order valence-electron chi connectivity index (χ3n) is 4.44. The fourth-order valence-electron chi connectivity index (χ4n) is 3.08. The zero-order valence-electron chi connectivity index (χ0n) is 15.0. The van der Waals surface area contributed by atoms with Crippen molar-refractivity contribution < 1.29 is 4.79 Å². The van der Waals surface area contributed by atoms with Crippen molar-refractivity contribution in [1.29, 1.82) is 0 Å². The van der Waals surface area contributed by atoms with Gasteiger partial charge in [-0.3, -0.25) is 15.0 Å². The van der Waals surface area contributed by atoms with Crippen molar-refractivity contribution in [2.24, 2.45) is 0 Å². The lowest BCUT2D eigenvalue weighted by molar-refractivity contribution is 0.101. The van der Waals surface area contributed by atoms with E-state index in [2.05, 4.69) is 10.4 Å². The van der Waals surface area contributed by atoms with E-state index in [-0.39, 0.29) is 5.56 Å². The Labute approximate surface area is 166 Å². The molecular weight excluding hydrogens is 374 g/mol. The molecule has 0 unspecified atom stereocenters. The van der Waals surface area contributed by atoms with Crippen LogP contribution in [0, 0.1) is 6.92 Å². The van der Waals surface area contributed by atoms with E-state index in [0.29, 0.717) is 32.9 Å². The Hall–Kier alpha value is -3.44. The SMILES string of the molecule is Cc1cccc2nc(-c3cccc(Cl)c3)n(NC(=O)c3ccccc3)c(=O)c12. The summed E-state index contributed by atoms with van der Waals surface area (Å²) in [5, 5.41) is 0.971. The average molecular weight is 390 g/mol. The molecule has 0 aliphatic heterocycles. The molecule has 0 spiro atoms.